The van der Waals surface area contributed by atoms with Gasteiger partial charge in [0.1, 0.15) is 0 Å². The molecule has 20 heavy (non-hydrogen) atoms. The quantitative estimate of drug-likeness (QED) is 0.410. The summed E-state index contributed by atoms with van der Waals surface area (Å²) < 4.78 is 9.43. The zero-order chi connectivity index (χ0) is 15.3. The summed E-state index contributed by atoms with van der Waals surface area (Å²) in [7, 11) is 0. The van der Waals surface area contributed by atoms with Crippen LogP contribution >= 0.6 is 0 Å². The molecule has 1 aliphatic rings. The normalized spacial score (nSPS) is 18.5. The average Bonchev–Trinajstić information content (AvgIpc) is 2.36. The molecule has 0 spiro atoms. The van der Waals surface area contributed by atoms with Gasteiger partial charge in [0.25, 0.3) is 5.91 Å². The van der Waals surface area contributed by atoms with Gasteiger partial charge in [-0.3, -0.25) is 14.4 Å². The van der Waals surface area contributed by atoms with Crippen LogP contribution < -0.4 is 0 Å². The SMILES string of the molecule is CCC1CN(OCC(=O)OCOC(=O)C(C)(C)C)C1=O. The summed E-state index contributed by atoms with van der Waals surface area (Å²) in [6.07, 6.45) is 0.756. The minimum absolute atomic E-state index is 0.0150. The summed E-state index contributed by atoms with van der Waals surface area (Å²) in [5, 5.41) is 1.14. The van der Waals surface area contributed by atoms with E-state index in [0.29, 0.717) is 6.54 Å². The zero-order valence-corrected chi connectivity index (χ0v) is 12.3. The highest BCUT2D eigenvalue weighted by Crippen LogP contribution is 2.20. The molecule has 1 aliphatic heterocycles. The third kappa shape index (κ3) is 4.48. The number of carbonyl (C=O) groups is 3. The number of carbonyl (C=O) groups excluding carboxylic acids is 3. The van der Waals surface area contributed by atoms with Gasteiger partial charge in [0, 0.05) is 0 Å². The number of ether oxygens (including phenoxy) is 2. The number of rotatable bonds is 6. The predicted molar refractivity (Wildman–Crippen MR) is 68.0 cm³/mol. The van der Waals surface area contributed by atoms with E-state index in [0.717, 1.165) is 11.5 Å². The van der Waals surface area contributed by atoms with Crippen molar-refractivity contribution >= 4 is 17.8 Å². The van der Waals surface area contributed by atoms with Crippen LogP contribution in [0.2, 0.25) is 0 Å². The summed E-state index contributed by atoms with van der Waals surface area (Å²) in [5.74, 6) is -1.30. The van der Waals surface area contributed by atoms with Crippen molar-refractivity contribution in [2.24, 2.45) is 11.3 Å². The first-order valence-corrected chi connectivity index (χ1v) is 6.52. The topological polar surface area (TPSA) is 82.1 Å². The van der Waals surface area contributed by atoms with Gasteiger partial charge in [0.15, 0.2) is 6.61 Å². The van der Waals surface area contributed by atoms with Crippen LogP contribution in [0.3, 0.4) is 0 Å². The lowest BCUT2D eigenvalue weighted by Gasteiger charge is -2.35. The molecular formula is C13H21NO6. The fourth-order valence-electron chi connectivity index (χ4n) is 1.42. The Kier molecular flexibility index (Phi) is 5.50. The molecule has 0 aromatic carbocycles. The van der Waals surface area contributed by atoms with Crippen molar-refractivity contribution < 1.29 is 28.7 Å². The molecule has 1 saturated heterocycles. The summed E-state index contributed by atoms with van der Waals surface area (Å²) in [5.41, 5.74) is -0.651. The van der Waals surface area contributed by atoms with Crippen LogP contribution in [0.4, 0.5) is 0 Å². The zero-order valence-electron chi connectivity index (χ0n) is 12.3. The molecule has 7 heteroatoms. The number of hydrogen-bond donors (Lipinski definition) is 0. The molecule has 114 valence electrons. The molecule has 0 saturated carbocycles. The monoisotopic (exact) mass is 287 g/mol. The first-order chi connectivity index (χ1) is 9.25. The third-order valence-electron chi connectivity index (χ3n) is 2.83. The van der Waals surface area contributed by atoms with Gasteiger partial charge in [0.2, 0.25) is 6.79 Å². The van der Waals surface area contributed by atoms with E-state index < -0.39 is 24.1 Å². The second kappa shape index (κ2) is 6.69. The number of hydrogen-bond acceptors (Lipinski definition) is 6. The molecule has 1 rings (SSSR count). The maximum Gasteiger partial charge on any atom is 0.337 e. The summed E-state index contributed by atoms with van der Waals surface area (Å²) in [6, 6.07) is 0. The molecule has 0 aliphatic carbocycles. The molecule has 1 heterocycles. The Bertz CT molecular complexity index is 387. The highest BCUT2D eigenvalue weighted by Gasteiger charge is 2.36. The minimum Gasteiger partial charge on any atom is -0.427 e. The lowest BCUT2D eigenvalue weighted by atomic mass is 9.98. The van der Waals surface area contributed by atoms with Crippen LogP contribution in [0.1, 0.15) is 34.1 Å². The number of hydroxylamine groups is 2. The second-order valence-electron chi connectivity index (χ2n) is 5.59. The Morgan fingerprint density at radius 1 is 1.30 bits per heavy atom. The highest BCUT2D eigenvalue weighted by molar-refractivity contribution is 5.83. The van der Waals surface area contributed by atoms with E-state index in [1.807, 2.05) is 6.92 Å². The van der Waals surface area contributed by atoms with Crippen LogP contribution in [0.5, 0.6) is 0 Å². The molecule has 0 bridgehead atoms. The minimum atomic E-state index is -0.695. The average molecular weight is 287 g/mol. The van der Waals surface area contributed by atoms with E-state index in [1.165, 1.54) is 0 Å². The Morgan fingerprint density at radius 3 is 2.45 bits per heavy atom. The van der Waals surface area contributed by atoms with Gasteiger partial charge in [-0.15, -0.1) is 0 Å². The van der Waals surface area contributed by atoms with Gasteiger partial charge < -0.3 is 9.47 Å². The van der Waals surface area contributed by atoms with Gasteiger partial charge in [0.05, 0.1) is 17.9 Å². The van der Waals surface area contributed by atoms with Crippen molar-refractivity contribution in [3.05, 3.63) is 0 Å². The molecule has 0 radical (unpaired) electrons. The lowest BCUT2D eigenvalue weighted by molar-refractivity contribution is -0.225. The lowest BCUT2D eigenvalue weighted by Crippen LogP contribution is -2.52. The van der Waals surface area contributed by atoms with Crippen LogP contribution in [0.15, 0.2) is 0 Å². The van der Waals surface area contributed by atoms with Crippen LogP contribution in [-0.2, 0) is 28.7 Å². The Hall–Kier alpha value is -1.63. The maximum absolute atomic E-state index is 11.4. The molecule has 1 fully saturated rings. The second-order valence-corrected chi connectivity index (χ2v) is 5.59. The number of nitrogens with zero attached hydrogens (tertiary/aromatic N) is 1. The van der Waals surface area contributed by atoms with Crippen molar-refractivity contribution in [1.82, 2.24) is 5.06 Å². The van der Waals surface area contributed by atoms with Crippen molar-refractivity contribution in [3.8, 4) is 0 Å². The first-order valence-electron chi connectivity index (χ1n) is 6.52. The molecule has 0 aromatic rings. The number of β-lactam (4-membered cyclic amide) rings is 1. The predicted octanol–water partition coefficient (Wildman–Crippen LogP) is 0.876. The first kappa shape index (κ1) is 16.4. The molecule has 0 N–H and O–H groups in total. The van der Waals surface area contributed by atoms with E-state index in [2.05, 4.69) is 4.74 Å². The van der Waals surface area contributed by atoms with Gasteiger partial charge in [-0.1, -0.05) is 6.92 Å². The van der Waals surface area contributed by atoms with Gasteiger partial charge in [-0.25, -0.2) is 9.86 Å². The van der Waals surface area contributed by atoms with Gasteiger partial charge >= 0.3 is 11.9 Å². The van der Waals surface area contributed by atoms with Crippen molar-refractivity contribution in [3.63, 3.8) is 0 Å². The third-order valence-corrected chi connectivity index (χ3v) is 2.83. The molecule has 0 aromatic heterocycles. The molecule has 1 atom stereocenters. The Balaban J connectivity index is 2.13. The highest BCUT2D eigenvalue weighted by atomic mass is 16.7. The van der Waals surface area contributed by atoms with E-state index in [4.69, 9.17) is 9.57 Å². The van der Waals surface area contributed by atoms with E-state index in [1.54, 1.807) is 20.8 Å². The Morgan fingerprint density at radius 2 is 1.95 bits per heavy atom. The molecular weight excluding hydrogens is 266 g/mol. The molecule has 7 nitrogen and oxygen atoms in total. The van der Waals surface area contributed by atoms with E-state index >= 15 is 0 Å². The Labute approximate surface area is 118 Å². The number of amides is 1. The standard InChI is InChI=1S/C13H21NO6/c1-5-9-6-14(11(9)16)20-7-10(15)18-8-19-12(17)13(2,3)4/h9H,5-8H2,1-4H3. The van der Waals surface area contributed by atoms with E-state index in [-0.39, 0.29) is 18.4 Å². The van der Waals surface area contributed by atoms with Crippen molar-refractivity contribution in [2.45, 2.75) is 34.1 Å². The van der Waals surface area contributed by atoms with Gasteiger partial charge in [-0.2, -0.15) is 0 Å². The van der Waals surface area contributed by atoms with Crippen molar-refractivity contribution in [2.75, 3.05) is 19.9 Å². The molecule has 1 amide bonds. The van der Waals surface area contributed by atoms with Gasteiger partial charge in [-0.05, 0) is 27.2 Å². The number of esters is 2. The summed E-state index contributed by atoms with van der Waals surface area (Å²) >= 11 is 0. The van der Waals surface area contributed by atoms with Crippen LogP contribution in [-0.4, -0.2) is 42.9 Å². The summed E-state index contributed by atoms with van der Waals surface area (Å²) in [6.45, 7) is 6.65. The maximum atomic E-state index is 11.4. The van der Waals surface area contributed by atoms with Crippen molar-refractivity contribution in [1.29, 1.82) is 0 Å². The van der Waals surface area contributed by atoms with Crippen LogP contribution in [0, 0.1) is 11.3 Å². The fraction of sp³-hybridized carbons (Fsp3) is 0.769. The van der Waals surface area contributed by atoms with E-state index in [9.17, 15) is 14.4 Å². The molecule has 1 unspecified atom stereocenters. The van der Waals surface area contributed by atoms with Crippen LogP contribution in [0.25, 0.3) is 0 Å². The largest absolute Gasteiger partial charge is 0.427 e. The fourth-order valence-corrected chi connectivity index (χ4v) is 1.42. The smallest absolute Gasteiger partial charge is 0.337 e. The summed E-state index contributed by atoms with van der Waals surface area (Å²) in [4.78, 5) is 39.1.